The van der Waals surface area contributed by atoms with Gasteiger partial charge in [0.15, 0.2) is 0 Å². The second-order valence-corrected chi connectivity index (χ2v) is 9.40. The van der Waals surface area contributed by atoms with E-state index < -0.39 is 0 Å². The first-order valence-electron chi connectivity index (χ1n) is 12.8. The molecule has 1 saturated heterocycles. The number of anilines is 2. The SMILES string of the molecule is O=C(c1ccccc1)N1CCN(c2ccc([N+](=O)[O-])c(N(Cc3ccccc3)Cc3ccccc3)c2)CC1. The first kappa shape index (κ1) is 25.0. The molecule has 0 atom stereocenters. The van der Waals surface area contributed by atoms with E-state index in [2.05, 4.69) is 9.80 Å². The molecule has 7 nitrogen and oxygen atoms in total. The fourth-order valence-corrected chi connectivity index (χ4v) is 4.88. The van der Waals surface area contributed by atoms with Gasteiger partial charge in [0, 0.05) is 56.6 Å². The first-order chi connectivity index (χ1) is 18.6. The Morgan fingerprint density at radius 1 is 0.737 bits per heavy atom. The molecule has 0 aromatic heterocycles. The lowest BCUT2D eigenvalue weighted by atomic mass is 10.1. The zero-order valence-electron chi connectivity index (χ0n) is 21.1. The van der Waals surface area contributed by atoms with E-state index in [0.717, 1.165) is 16.8 Å². The van der Waals surface area contributed by atoms with Crippen molar-refractivity contribution < 1.29 is 9.72 Å². The Kier molecular flexibility index (Phi) is 7.64. The molecular formula is C31H30N4O3. The Morgan fingerprint density at radius 3 is 1.79 bits per heavy atom. The van der Waals surface area contributed by atoms with Gasteiger partial charge in [-0.3, -0.25) is 14.9 Å². The van der Waals surface area contributed by atoms with Crippen LogP contribution in [0.2, 0.25) is 0 Å². The van der Waals surface area contributed by atoms with Gasteiger partial charge in [0.2, 0.25) is 0 Å². The van der Waals surface area contributed by atoms with Gasteiger partial charge in [0.05, 0.1) is 4.92 Å². The Labute approximate surface area is 222 Å². The van der Waals surface area contributed by atoms with Gasteiger partial charge in [-0.25, -0.2) is 0 Å². The fraction of sp³-hybridized carbons (Fsp3) is 0.194. The number of hydrogen-bond acceptors (Lipinski definition) is 5. The zero-order valence-corrected chi connectivity index (χ0v) is 21.1. The molecule has 0 bridgehead atoms. The van der Waals surface area contributed by atoms with Gasteiger partial charge in [-0.1, -0.05) is 78.9 Å². The summed E-state index contributed by atoms with van der Waals surface area (Å²) >= 11 is 0. The molecule has 0 unspecified atom stereocenters. The van der Waals surface area contributed by atoms with Crippen LogP contribution in [0.4, 0.5) is 17.1 Å². The maximum atomic E-state index is 12.9. The minimum Gasteiger partial charge on any atom is -0.368 e. The second-order valence-electron chi connectivity index (χ2n) is 9.40. The van der Waals surface area contributed by atoms with Gasteiger partial charge in [-0.05, 0) is 35.4 Å². The number of rotatable bonds is 8. The molecule has 7 heteroatoms. The Balaban J connectivity index is 1.40. The lowest BCUT2D eigenvalue weighted by molar-refractivity contribution is -0.384. The number of nitro groups is 1. The third-order valence-electron chi connectivity index (χ3n) is 6.88. The summed E-state index contributed by atoms with van der Waals surface area (Å²) in [6, 6.07) is 34.7. The van der Waals surface area contributed by atoms with Crippen molar-refractivity contribution in [2.75, 3.05) is 36.0 Å². The summed E-state index contributed by atoms with van der Waals surface area (Å²) in [6.07, 6.45) is 0. The lowest BCUT2D eigenvalue weighted by Gasteiger charge is -2.36. The van der Waals surface area contributed by atoms with E-state index in [1.54, 1.807) is 6.07 Å². The zero-order chi connectivity index (χ0) is 26.3. The third-order valence-corrected chi connectivity index (χ3v) is 6.88. The monoisotopic (exact) mass is 506 g/mol. The summed E-state index contributed by atoms with van der Waals surface area (Å²) in [5.74, 6) is 0.0338. The summed E-state index contributed by atoms with van der Waals surface area (Å²) in [7, 11) is 0. The standard InChI is InChI=1S/C31H30N4O3/c36-31(27-14-8-3-9-15-27)33-20-18-32(19-21-33)28-16-17-29(35(37)38)30(22-28)34(23-25-10-4-1-5-11-25)24-26-12-6-2-7-13-26/h1-17,22H,18-21,23-24H2. The number of piperazine rings is 1. The van der Waals surface area contributed by atoms with Gasteiger partial charge in [-0.15, -0.1) is 0 Å². The average molecular weight is 507 g/mol. The molecule has 192 valence electrons. The third kappa shape index (κ3) is 5.83. The highest BCUT2D eigenvalue weighted by molar-refractivity contribution is 5.94. The van der Waals surface area contributed by atoms with Gasteiger partial charge in [-0.2, -0.15) is 0 Å². The number of hydrogen-bond donors (Lipinski definition) is 0. The van der Waals surface area contributed by atoms with Crippen LogP contribution < -0.4 is 9.80 Å². The lowest BCUT2D eigenvalue weighted by Crippen LogP contribution is -2.48. The minimum atomic E-state index is -0.307. The molecule has 0 spiro atoms. The highest BCUT2D eigenvalue weighted by atomic mass is 16.6. The summed E-state index contributed by atoms with van der Waals surface area (Å²) in [5.41, 5.74) is 4.44. The topological polar surface area (TPSA) is 69.9 Å². The number of carbonyl (C=O) groups excluding carboxylic acids is 1. The molecule has 4 aromatic carbocycles. The van der Waals surface area contributed by atoms with Crippen LogP contribution in [0, 0.1) is 10.1 Å². The average Bonchev–Trinajstić information content (AvgIpc) is 2.98. The van der Waals surface area contributed by atoms with E-state index in [1.165, 1.54) is 0 Å². The van der Waals surface area contributed by atoms with Crippen molar-refractivity contribution in [3.05, 3.63) is 136 Å². The van der Waals surface area contributed by atoms with Crippen LogP contribution in [0.25, 0.3) is 0 Å². The Hall–Kier alpha value is -4.65. The smallest absolute Gasteiger partial charge is 0.292 e. The minimum absolute atomic E-state index is 0.0338. The predicted octanol–water partition coefficient (Wildman–Crippen LogP) is 5.76. The van der Waals surface area contributed by atoms with Crippen molar-refractivity contribution in [3.8, 4) is 0 Å². The van der Waals surface area contributed by atoms with E-state index in [4.69, 9.17) is 0 Å². The maximum Gasteiger partial charge on any atom is 0.292 e. The van der Waals surface area contributed by atoms with Crippen LogP contribution in [0.3, 0.4) is 0 Å². The van der Waals surface area contributed by atoms with Crippen molar-refractivity contribution in [3.63, 3.8) is 0 Å². The number of amides is 1. The molecule has 1 heterocycles. The molecule has 0 saturated carbocycles. The van der Waals surface area contributed by atoms with Gasteiger partial charge >= 0.3 is 0 Å². The Morgan fingerprint density at radius 2 is 1.26 bits per heavy atom. The summed E-state index contributed by atoms with van der Waals surface area (Å²) < 4.78 is 0. The van der Waals surface area contributed by atoms with E-state index in [-0.39, 0.29) is 16.5 Å². The largest absolute Gasteiger partial charge is 0.368 e. The van der Waals surface area contributed by atoms with E-state index in [1.807, 2.05) is 108 Å². The van der Waals surface area contributed by atoms with Gasteiger partial charge in [0.25, 0.3) is 11.6 Å². The molecular weight excluding hydrogens is 476 g/mol. The number of carbonyl (C=O) groups is 1. The predicted molar refractivity (Wildman–Crippen MR) is 150 cm³/mol. The van der Waals surface area contributed by atoms with Crippen molar-refractivity contribution >= 4 is 23.0 Å². The summed E-state index contributed by atoms with van der Waals surface area (Å²) in [6.45, 7) is 3.59. The van der Waals surface area contributed by atoms with E-state index in [0.29, 0.717) is 50.5 Å². The van der Waals surface area contributed by atoms with Crippen LogP contribution in [-0.4, -0.2) is 41.9 Å². The molecule has 0 radical (unpaired) electrons. The number of nitro benzene ring substituents is 1. The van der Waals surface area contributed by atoms with Crippen LogP contribution >= 0.6 is 0 Å². The highest BCUT2D eigenvalue weighted by Gasteiger charge is 2.26. The van der Waals surface area contributed by atoms with Gasteiger partial charge in [0.1, 0.15) is 5.69 Å². The van der Waals surface area contributed by atoms with Crippen LogP contribution in [-0.2, 0) is 13.1 Å². The van der Waals surface area contributed by atoms with E-state index >= 15 is 0 Å². The van der Waals surface area contributed by atoms with Crippen molar-refractivity contribution in [2.24, 2.45) is 0 Å². The molecule has 4 aromatic rings. The van der Waals surface area contributed by atoms with Crippen molar-refractivity contribution in [2.45, 2.75) is 13.1 Å². The molecule has 1 aliphatic rings. The molecule has 1 fully saturated rings. The fourth-order valence-electron chi connectivity index (χ4n) is 4.88. The normalized spacial score (nSPS) is 13.3. The number of nitrogens with zero attached hydrogens (tertiary/aromatic N) is 4. The quantitative estimate of drug-likeness (QED) is 0.224. The first-order valence-corrected chi connectivity index (χ1v) is 12.8. The molecule has 38 heavy (non-hydrogen) atoms. The summed E-state index contributed by atoms with van der Waals surface area (Å²) in [4.78, 5) is 30.8. The van der Waals surface area contributed by atoms with Crippen molar-refractivity contribution in [1.29, 1.82) is 0 Å². The van der Waals surface area contributed by atoms with E-state index in [9.17, 15) is 14.9 Å². The van der Waals surface area contributed by atoms with Gasteiger partial charge < -0.3 is 14.7 Å². The van der Waals surface area contributed by atoms with Crippen molar-refractivity contribution in [1.82, 2.24) is 4.90 Å². The molecule has 1 amide bonds. The Bertz CT molecular complexity index is 1330. The highest BCUT2D eigenvalue weighted by Crippen LogP contribution is 2.35. The van der Waals surface area contributed by atoms with Crippen LogP contribution in [0.5, 0.6) is 0 Å². The molecule has 0 aliphatic carbocycles. The molecule has 1 aliphatic heterocycles. The van der Waals surface area contributed by atoms with Crippen LogP contribution in [0.15, 0.2) is 109 Å². The molecule has 5 rings (SSSR count). The number of benzene rings is 4. The second kappa shape index (κ2) is 11.6. The molecule has 0 N–H and O–H groups in total. The maximum absolute atomic E-state index is 12.9. The van der Waals surface area contributed by atoms with Crippen LogP contribution in [0.1, 0.15) is 21.5 Å². The summed E-state index contributed by atoms with van der Waals surface area (Å²) in [5, 5.41) is 12.1.